The summed E-state index contributed by atoms with van der Waals surface area (Å²) in [6.45, 7) is 24.2. The first-order valence-electron chi connectivity index (χ1n) is 49.6. The number of pyridine rings is 6. The number of aromatic nitrogens is 16. The zero-order valence-corrected chi connectivity index (χ0v) is 89.1. The van der Waals surface area contributed by atoms with Gasteiger partial charge in [-0.3, -0.25) is 24.0 Å². The SMILES string of the molecule is CCCn1cc(-n2cc(-c3ccc(O[C@H](C)C(C)C)nc3C)cn2)ccc1=O.CCCn1cc(-n2cc(-c3ccc(S(=O)(=O)C4CC4)cc3)cn2)ccc1=O.CCCn1cc(-n2cc(-c3ccc(S(=O)(=O)C4CCCC4)cc3Cl)cn2)ccc1=O.CCCn1cc(-n2cc(-c3ccc(S(=O)(=O)N4CCCCC4)cc3Cl)cn2)ccc1=O.CCCn1cc(-n2cc(-c3ccc(S(=O)(=O)N4CCOCC4)cc3Cl)cn2)ccc1=O. The number of sulfonamides is 2. The molecule has 0 N–H and O–H groups in total. The van der Waals surface area contributed by atoms with Gasteiger partial charge in [-0.1, -0.05) is 133 Å². The number of piperidine rings is 1. The summed E-state index contributed by atoms with van der Waals surface area (Å²) >= 11 is 19.4. The summed E-state index contributed by atoms with van der Waals surface area (Å²) in [5.74, 6) is 1.07. The third kappa shape index (κ3) is 26.1. The molecule has 0 amide bonds. The minimum atomic E-state index is -3.62. The van der Waals surface area contributed by atoms with E-state index in [1.807, 2.05) is 96.1 Å². The Hall–Kier alpha value is -12.8. The lowest BCUT2D eigenvalue weighted by Crippen LogP contribution is -2.40. The quantitative estimate of drug-likeness (QED) is 0.0389. The van der Waals surface area contributed by atoms with Gasteiger partial charge in [-0.05, 0) is 181 Å². The maximum absolute atomic E-state index is 12.9. The molecule has 2 saturated carbocycles. The summed E-state index contributed by atoms with van der Waals surface area (Å²) < 4.78 is 133. The van der Waals surface area contributed by atoms with Gasteiger partial charge in [-0.2, -0.15) is 34.1 Å². The highest BCUT2D eigenvalue weighted by Gasteiger charge is 2.38. The van der Waals surface area contributed by atoms with E-state index in [2.05, 4.69) is 58.2 Å². The molecule has 33 nitrogen and oxygen atoms in total. The summed E-state index contributed by atoms with van der Waals surface area (Å²) in [4.78, 5) is 65.3. The van der Waals surface area contributed by atoms with Crippen molar-refractivity contribution in [2.24, 2.45) is 5.92 Å². The Bertz CT molecular complexity index is 7810. The first kappa shape index (κ1) is 108. The molecule has 774 valence electrons. The van der Waals surface area contributed by atoms with Crippen molar-refractivity contribution in [2.45, 2.75) is 221 Å². The maximum Gasteiger partial charge on any atom is 0.250 e. The zero-order chi connectivity index (χ0) is 105. The van der Waals surface area contributed by atoms with Gasteiger partial charge in [-0.15, -0.1) is 0 Å². The first-order chi connectivity index (χ1) is 70.6. The van der Waals surface area contributed by atoms with Crippen LogP contribution in [0.5, 0.6) is 5.88 Å². The van der Waals surface area contributed by atoms with E-state index >= 15 is 0 Å². The largest absolute Gasteiger partial charge is 0.474 e. The van der Waals surface area contributed by atoms with E-state index < -0.39 is 39.7 Å². The minimum Gasteiger partial charge on any atom is -0.474 e. The van der Waals surface area contributed by atoms with Crippen molar-refractivity contribution in [1.29, 1.82) is 0 Å². The van der Waals surface area contributed by atoms with Crippen LogP contribution in [-0.4, -0.2) is 175 Å². The third-order valence-electron chi connectivity index (χ3n) is 25.9. The Labute approximate surface area is 870 Å². The summed E-state index contributed by atoms with van der Waals surface area (Å²) in [5.41, 5.74) is 12.8. The Morgan fingerprint density at radius 2 is 0.646 bits per heavy atom. The molecule has 4 aliphatic rings. The number of hydrogen-bond donors (Lipinski definition) is 0. The van der Waals surface area contributed by atoms with E-state index in [-0.39, 0.29) is 59.1 Å². The summed E-state index contributed by atoms with van der Waals surface area (Å²) in [5, 5.41) is 22.6. The van der Waals surface area contributed by atoms with E-state index in [1.165, 1.54) is 38.9 Å². The van der Waals surface area contributed by atoms with Gasteiger partial charge in [0.05, 0.1) is 109 Å². The highest BCUT2D eigenvalue weighted by atomic mass is 35.5. The fraction of sp³-hybridized carbons (Fsp3) is 0.355. The lowest BCUT2D eigenvalue weighted by atomic mass is 10.1. The summed E-state index contributed by atoms with van der Waals surface area (Å²) in [6, 6.07) is 41.8. The standard InChI is InChI=1S/C22H25ClN4O3S.C22H24ClN3O3S.C22H28N4O2.C21H23ClN4O4S.C20H21N3O3S/c1-2-10-25-16-18(6-9-22(25)28)27-15-17(14-24-27)20-8-7-19(13-21(20)23)31(29,30)26-11-4-3-5-12-26;1-2-11-25-15-17(7-10-22(25)27)26-14-16(13-24-26)20-9-8-19(12-21(20)23)30(28,29)18-5-3-4-6-18;1-6-11-25-14-19(7-10-22(25)27)26-13-18(12-23-26)20-8-9-21(24-16(20)4)28-17(5)15(2)3;1-2-7-24-15-17(3-6-21(24)27)26-14-16(13-23-26)19-5-4-18(12-20(19)22)31(28,29)25-8-10-30-11-9-25;1-2-11-22-14-17(5-10-20(22)24)23-13-16(12-21-23)15-3-6-18(7-4-15)27(25,26)19-8-9-19/h6-9,13-16H,2-5,10-12H2,1H3;7-10,12-15,18H,2-6,11H2,1H3;7-10,12-15,17H,6,11H2,1-5H3;3-6,12-15H,2,7-11H2,1H3;3-7,10,12-14,19H,2,8-9,11H2,1H3/t;;17-;;/m..1../s1. The van der Waals surface area contributed by atoms with Crippen LogP contribution >= 0.6 is 34.8 Å². The van der Waals surface area contributed by atoms with Crippen molar-refractivity contribution in [1.82, 2.24) is 85.3 Å². The molecule has 40 heteroatoms. The molecule has 0 spiro atoms. The van der Waals surface area contributed by atoms with Crippen molar-refractivity contribution in [3.63, 3.8) is 0 Å². The van der Waals surface area contributed by atoms with Crippen LogP contribution in [0.3, 0.4) is 0 Å². The number of ether oxygens (including phenoxy) is 2. The van der Waals surface area contributed by atoms with Crippen molar-refractivity contribution >= 4 is 74.5 Å². The number of hydrogen-bond acceptors (Lipinski definition) is 21. The number of nitrogens with zero attached hydrogens (tertiary/aromatic N) is 18. The number of sulfone groups is 2. The van der Waals surface area contributed by atoms with Crippen LogP contribution in [0.4, 0.5) is 0 Å². The summed E-state index contributed by atoms with van der Waals surface area (Å²) in [7, 11) is -13.7. The molecular weight excluding hydrogens is 2010 g/mol. The van der Waals surface area contributed by atoms with Gasteiger partial charge in [0.15, 0.2) is 19.7 Å². The molecule has 15 aromatic rings. The van der Waals surface area contributed by atoms with E-state index in [4.69, 9.17) is 44.3 Å². The molecule has 4 fully saturated rings. The van der Waals surface area contributed by atoms with E-state index in [9.17, 15) is 57.6 Å². The zero-order valence-electron chi connectivity index (χ0n) is 83.5. The normalized spacial score (nSPS) is 14.5. The van der Waals surface area contributed by atoms with Gasteiger partial charge in [0.1, 0.15) is 0 Å². The van der Waals surface area contributed by atoms with Crippen LogP contribution in [0.25, 0.3) is 84.1 Å². The summed E-state index contributed by atoms with van der Waals surface area (Å²) in [6.07, 6.45) is 39.0. The molecular formula is C107H121Cl3N18O15S4. The second kappa shape index (κ2) is 48.4. The lowest BCUT2D eigenvalue weighted by Gasteiger charge is -2.26. The van der Waals surface area contributed by atoms with Crippen molar-refractivity contribution in [3.05, 3.63) is 317 Å². The lowest BCUT2D eigenvalue weighted by molar-refractivity contribution is 0.0730. The molecule has 2 aliphatic carbocycles. The van der Waals surface area contributed by atoms with Gasteiger partial charge in [-0.25, -0.2) is 62.1 Å². The second-order valence-corrected chi connectivity index (χ2v) is 46.5. The maximum atomic E-state index is 12.9. The molecule has 2 aliphatic heterocycles. The topological polar surface area (TPSA) is 373 Å². The average Bonchev–Trinajstić information content (AvgIpc) is 1.72. The van der Waals surface area contributed by atoms with E-state index in [0.29, 0.717) is 128 Å². The number of morpholine rings is 1. The van der Waals surface area contributed by atoms with Crippen molar-refractivity contribution < 1.29 is 43.1 Å². The number of aryl methyl sites for hydroxylation is 6. The predicted octanol–water partition coefficient (Wildman–Crippen LogP) is 18.5. The Morgan fingerprint density at radius 3 is 0.986 bits per heavy atom. The number of rotatable bonds is 31. The Kier molecular flexibility index (Phi) is 35.7. The number of halogens is 3. The van der Waals surface area contributed by atoms with Crippen LogP contribution in [-0.2, 0) is 77.2 Å². The average molecular weight is 2130 g/mol. The van der Waals surface area contributed by atoms with Crippen molar-refractivity contribution in [3.8, 4) is 90.0 Å². The molecule has 147 heavy (non-hydrogen) atoms. The molecule has 0 bridgehead atoms. The van der Waals surface area contributed by atoms with Crippen LogP contribution in [0.2, 0.25) is 15.1 Å². The monoisotopic (exact) mass is 2130 g/mol. The van der Waals surface area contributed by atoms with Crippen LogP contribution < -0.4 is 32.5 Å². The van der Waals surface area contributed by atoms with Crippen LogP contribution in [0.1, 0.15) is 151 Å². The molecule has 1 atom stereocenters. The first-order valence-corrected chi connectivity index (χ1v) is 56.7. The predicted molar refractivity (Wildman–Crippen MR) is 572 cm³/mol. The molecule has 19 rings (SSSR count). The smallest absolute Gasteiger partial charge is 0.250 e. The van der Waals surface area contributed by atoms with Crippen LogP contribution in [0.15, 0.2) is 288 Å². The molecule has 2 saturated heterocycles. The second-order valence-electron chi connectivity index (χ2n) is 36.9. The molecule has 4 aromatic carbocycles. The Morgan fingerprint density at radius 1 is 0.340 bits per heavy atom. The molecule has 11 aromatic heterocycles. The fourth-order valence-corrected chi connectivity index (χ4v) is 24.9. The van der Waals surface area contributed by atoms with E-state index in [1.54, 1.807) is 199 Å². The van der Waals surface area contributed by atoms with Crippen LogP contribution in [0, 0.1) is 12.8 Å². The van der Waals surface area contributed by atoms with Crippen molar-refractivity contribution in [2.75, 3.05) is 39.4 Å². The van der Waals surface area contributed by atoms with Gasteiger partial charge in [0.2, 0.25) is 25.9 Å². The minimum absolute atomic E-state index is 0.00392. The van der Waals surface area contributed by atoms with Gasteiger partial charge >= 0.3 is 0 Å². The fourth-order valence-electron chi connectivity index (χ4n) is 17.3. The van der Waals surface area contributed by atoms with Gasteiger partial charge < -0.3 is 32.3 Å². The molecule has 0 radical (unpaired) electrons. The van der Waals surface area contributed by atoms with Gasteiger partial charge in [0, 0.05) is 228 Å². The highest BCUT2D eigenvalue weighted by molar-refractivity contribution is 7.92. The Balaban J connectivity index is 0.000000138. The molecule has 0 unspecified atom stereocenters. The third-order valence-corrected chi connectivity index (χ3v) is 35.1. The van der Waals surface area contributed by atoms with Gasteiger partial charge in [0.25, 0.3) is 27.8 Å². The highest BCUT2D eigenvalue weighted by Crippen LogP contribution is 2.39. The number of benzene rings is 4. The van der Waals surface area contributed by atoms with E-state index in [0.717, 1.165) is 156 Å². The molecule has 13 heterocycles.